The summed E-state index contributed by atoms with van der Waals surface area (Å²) in [6, 6.07) is 2.07. The number of amides is 1. The van der Waals surface area contributed by atoms with Gasteiger partial charge in [-0.15, -0.1) is 0 Å². The summed E-state index contributed by atoms with van der Waals surface area (Å²) < 4.78 is 48.5. The first-order chi connectivity index (χ1) is 11.3. The van der Waals surface area contributed by atoms with Gasteiger partial charge in [0.2, 0.25) is 11.8 Å². The Balaban J connectivity index is 1.81. The maximum absolute atomic E-state index is 12.8. The Morgan fingerprint density at radius 2 is 2.04 bits per heavy atom. The summed E-state index contributed by atoms with van der Waals surface area (Å²) >= 11 is 0. The number of likely N-dealkylation sites (tertiary alicyclic amines) is 1. The van der Waals surface area contributed by atoms with Gasteiger partial charge in [-0.2, -0.15) is 13.2 Å². The molecular weight excluding hydrogens is 329 g/mol. The van der Waals surface area contributed by atoms with E-state index in [0.717, 1.165) is 6.07 Å². The molecule has 1 amide bonds. The van der Waals surface area contributed by atoms with Crippen LogP contribution in [0.3, 0.4) is 0 Å². The molecule has 1 aliphatic rings. The zero-order chi connectivity index (χ0) is 17.7. The molecule has 6 nitrogen and oxygen atoms in total. The maximum atomic E-state index is 12.8. The van der Waals surface area contributed by atoms with E-state index in [2.05, 4.69) is 4.98 Å². The van der Waals surface area contributed by atoms with Crippen molar-refractivity contribution in [2.45, 2.75) is 32.0 Å². The number of carbonyl (C=O) groups is 2. The number of carbonyl (C=O) groups excluding carboxylic acids is 2. The minimum Gasteiger partial charge on any atom is -0.470 e. The second kappa shape index (κ2) is 7.50. The summed E-state index contributed by atoms with van der Waals surface area (Å²) in [5, 5.41) is 0. The Kier molecular flexibility index (Phi) is 5.63. The molecule has 0 radical (unpaired) electrons. The number of aromatic nitrogens is 1. The molecule has 1 saturated heterocycles. The van der Waals surface area contributed by atoms with E-state index >= 15 is 0 Å². The predicted molar refractivity (Wildman–Crippen MR) is 76.1 cm³/mol. The van der Waals surface area contributed by atoms with Crippen LogP contribution in [0.4, 0.5) is 13.2 Å². The van der Waals surface area contributed by atoms with Crippen LogP contribution < -0.4 is 4.74 Å². The largest absolute Gasteiger partial charge is 0.470 e. The fourth-order valence-electron chi connectivity index (χ4n) is 2.17. The Hall–Kier alpha value is -2.32. The van der Waals surface area contributed by atoms with E-state index in [-0.39, 0.29) is 38.4 Å². The first-order valence-corrected chi connectivity index (χ1v) is 7.43. The summed E-state index contributed by atoms with van der Waals surface area (Å²) in [6.07, 6.45) is -3.91. The SMILES string of the molecule is CCOC(=O)CCC(=O)N1CC(Oc2ncccc2C(F)(F)F)C1. The van der Waals surface area contributed by atoms with Gasteiger partial charge in [0, 0.05) is 12.6 Å². The van der Waals surface area contributed by atoms with E-state index in [1.165, 1.54) is 17.2 Å². The highest BCUT2D eigenvalue weighted by molar-refractivity contribution is 5.82. The number of hydrogen-bond acceptors (Lipinski definition) is 5. The topological polar surface area (TPSA) is 68.7 Å². The van der Waals surface area contributed by atoms with Gasteiger partial charge in [0.25, 0.3) is 0 Å². The second-order valence-electron chi connectivity index (χ2n) is 5.20. The summed E-state index contributed by atoms with van der Waals surface area (Å²) in [7, 11) is 0. The van der Waals surface area contributed by atoms with Crippen molar-refractivity contribution in [2.24, 2.45) is 0 Å². The van der Waals surface area contributed by atoms with Crippen molar-refractivity contribution >= 4 is 11.9 Å². The van der Waals surface area contributed by atoms with E-state index in [9.17, 15) is 22.8 Å². The lowest BCUT2D eigenvalue weighted by atomic mass is 10.1. The van der Waals surface area contributed by atoms with Crippen LogP contribution in [-0.2, 0) is 20.5 Å². The molecule has 132 valence electrons. The van der Waals surface area contributed by atoms with E-state index in [1.807, 2.05) is 0 Å². The minimum absolute atomic E-state index is 0.00292. The number of ether oxygens (including phenoxy) is 2. The molecule has 1 aromatic heterocycles. The number of esters is 1. The molecule has 1 aliphatic heterocycles. The monoisotopic (exact) mass is 346 g/mol. The Bertz CT molecular complexity index is 601. The standard InChI is InChI=1S/C15H17F3N2O4/c1-2-23-13(22)6-5-12(21)20-8-10(9-20)24-14-11(15(16,17)18)4-3-7-19-14/h3-4,7,10H,2,5-6,8-9H2,1H3. The van der Waals surface area contributed by atoms with Crippen molar-refractivity contribution in [3.63, 3.8) is 0 Å². The fourth-order valence-corrected chi connectivity index (χ4v) is 2.17. The van der Waals surface area contributed by atoms with Crippen molar-refractivity contribution in [2.75, 3.05) is 19.7 Å². The summed E-state index contributed by atoms with van der Waals surface area (Å²) in [5.74, 6) is -1.21. The molecule has 9 heteroatoms. The van der Waals surface area contributed by atoms with Crippen molar-refractivity contribution in [1.82, 2.24) is 9.88 Å². The van der Waals surface area contributed by atoms with Crippen LogP contribution in [0.25, 0.3) is 0 Å². The molecule has 2 rings (SSSR count). The average Bonchev–Trinajstić information content (AvgIpc) is 2.48. The minimum atomic E-state index is -4.55. The van der Waals surface area contributed by atoms with Crippen LogP contribution in [0.5, 0.6) is 5.88 Å². The van der Waals surface area contributed by atoms with Crippen molar-refractivity contribution < 1.29 is 32.2 Å². The molecule has 0 aliphatic carbocycles. The van der Waals surface area contributed by atoms with Gasteiger partial charge < -0.3 is 14.4 Å². The Morgan fingerprint density at radius 1 is 1.33 bits per heavy atom. The van der Waals surface area contributed by atoms with Gasteiger partial charge in [0.05, 0.1) is 26.1 Å². The molecule has 1 aromatic rings. The highest BCUT2D eigenvalue weighted by atomic mass is 19.4. The summed E-state index contributed by atoms with van der Waals surface area (Å²) in [6.45, 7) is 2.24. The van der Waals surface area contributed by atoms with E-state index in [4.69, 9.17) is 9.47 Å². The highest BCUT2D eigenvalue weighted by Gasteiger charge is 2.38. The molecule has 24 heavy (non-hydrogen) atoms. The van der Waals surface area contributed by atoms with E-state index in [1.54, 1.807) is 6.92 Å². The molecule has 0 aromatic carbocycles. The number of halogens is 3. The van der Waals surface area contributed by atoms with Gasteiger partial charge in [-0.25, -0.2) is 4.98 Å². The van der Waals surface area contributed by atoms with Gasteiger partial charge in [0.15, 0.2) is 0 Å². The molecule has 0 atom stereocenters. The van der Waals surface area contributed by atoms with Crippen molar-refractivity contribution in [3.05, 3.63) is 23.9 Å². The molecule has 0 N–H and O–H groups in total. The lowest BCUT2D eigenvalue weighted by Gasteiger charge is -2.39. The fraction of sp³-hybridized carbons (Fsp3) is 0.533. The third kappa shape index (κ3) is 4.59. The van der Waals surface area contributed by atoms with Gasteiger partial charge in [-0.05, 0) is 19.1 Å². The second-order valence-corrected chi connectivity index (χ2v) is 5.20. The number of nitrogens with zero attached hydrogens (tertiary/aromatic N) is 2. The average molecular weight is 346 g/mol. The van der Waals surface area contributed by atoms with E-state index in [0.29, 0.717) is 0 Å². The molecule has 0 bridgehead atoms. The lowest BCUT2D eigenvalue weighted by Crippen LogP contribution is -2.56. The van der Waals surface area contributed by atoms with Gasteiger partial charge in [-0.1, -0.05) is 0 Å². The first kappa shape index (κ1) is 18.0. The summed E-state index contributed by atoms with van der Waals surface area (Å²) in [4.78, 5) is 28.0. The van der Waals surface area contributed by atoms with Crippen LogP contribution >= 0.6 is 0 Å². The number of alkyl halides is 3. The number of hydrogen-bond donors (Lipinski definition) is 0. The third-order valence-electron chi connectivity index (χ3n) is 3.40. The molecule has 0 spiro atoms. The quantitative estimate of drug-likeness (QED) is 0.738. The van der Waals surface area contributed by atoms with Crippen LogP contribution in [-0.4, -0.2) is 47.6 Å². The molecule has 0 saturated carbocycles. The smallest absolute Gasteiger partial charge is 0.421 e. The zero-order valence-electron chi connectivity index (χ0n) is 13.0. The van der Waals surface area contributed by atoms with Crippen LogP contribution in [0.2, 0.25) is 0 Å². The first-order valence-electron chi connectivity index (χ1n) is 7.43. The number of rotatable bonds is 6. The molecule has 1 fully saturated rings. The molecule has 2 heterocycles. The normalized spacial score (nSPS) is 14.9. The Labute approximate surface area is 136 Å². The van der Waals surface area contributed by atoms with Crippen molar-refractivity contribution in [1.29, 1.82) is 0 Å². The lowest BCUT2D eigenvalue weighted by molar-refractivity contribution is -0.148. The Morgan fingerprint density at radius 3 is 2.67 bits per heavy atom. The zero-order valence-corrected chi connectivity index (χ0v) is 13.0. The molecular formula is C15H17F3N2O4. The van der Waals surface area contributed by atoms with Gasteiger partial charge >= 0.3 is 12.1 Å². The third-order valence-corrected chi connectivity index (χ3v) is 3.40. The summed E-state index contributed by atoms with van der Waals surface area (Å²) in [5.41, 5.74) is -0.947. The van der Waals surface area contributed by atoms with Crippen molar-refractivity contribution in [3.8, 4) is 5.88 Å². The molecule has 0 unspecified atom stereocenters. The van der Waals surface area contributed by atoms with Crippen LogP contribution in [0.1, 0.15) is 25.3 Å². The predicted octanol–water partition coefficient (Wildman–Crippen LogP) is 2.03. The van der Waals surface area contributed by atoms with Crippen LogP contribution in [0.15, 0.2) is 18.3 Å². The number of pyridine rings is 1. The van der Waals surface area contributed by atoms with E-state index < -0.39 is 29.7 Å². The van der Waals surface area contributed by atoms with Gasteiger partial charge in [0.1, 0.15) is 11.7 Å². The van der Waals surface area contributed by atoms with Gasteiger partial charge in [-0.3, -0.25) is 9.59 Å². The van der Waals surface area contributed by atoms with Crippen LogP contribution in [0, 0.1) is 0 Å². The maximum Gasteiger partial charge on any atom is 0.421 e. The highest BCUT2D eigenvalue weighted by Crippen LogP contribution is 2.35.